The Kier molecular flexibility index (Phi) is 4.63. The van der Waals surface area contributed by atoms with Crippen LogP contribution in [0, 0.1) is 0 Å². The van der Waals surface area contributed by atoms with E-state index in [1.165, 1.54) is 0 Å². The van der Waals surface area contributed by atoms with E-state index in [0.717, 1.165) is 6.42 Å². The Balaban J connectivity index is 3.82. The first-order valence-electron chi connectivity index (χ1n) is 3.66. The number of nitrogens with two attached hydrogens (primary N) is 1. The Morgan fingerprint density at radius 1 is 1.60 bits per heavy atom. The summed E-state index contributed by atoms with van der Waals surface area (Å²) in [6, 6.07) is 0.293. The van der Waals surface area contributed by atoms with Gasteiger partial charge in [0, 0.05) is 6.04 Å². The normalized spacial score (nSPS) is 13.4. The highest BCUT2D eigenvalue weighted by Gasteiger charge is 1.86. The minimum absolute atomic E-state index is 0.293. The lowest BCUT2D eigenvalue weighted by Crippen LogP contribution is -2.10. The summed E-state index contributed by atoms with van der Waals surface area (Å²) < 4.78 is 0. The molecule has 0 heterocycles. The van der Waals surface area contributed by atoms with Gasteiger partial charge in [-0.05, 0) is 26.3 Å². The van der Waals surface area contributed by atoms with Crippen molar-refractivity contribution in [3.63, 3.8) is 0 Å². The number of rotatable bonds is 3. The van der Waals surface area contributed by atoms with E-state index < -0.39 is 0 Å². The van der Waals surface area contributed by atoms with Crippen LogP contribution in [-0.4, -0.2) is 11.9 Å². The van der Waals surface area contributed by atoms with Crippen LogP contribution in [0.4, 0.5) is 0 Å². The fourth-order valence-electron chi connectivity index (χ4n) is 0.580. The van der Waals surface area contributed by atoms with Gasteiger partial charge in [-0.3, -0.25) is 4.99 Å². The molecule has 58 valence electrons. The van der Waals surface area contributed by atoms with Gasteiger partial charge < -0.3 is 5.73 Å². The number of nitrogens with zero attached hydrogens (tertiary/aromatic N) is 1. The summed E-state index contributed by atoms with van der Waals surface area (Å²) in [6.07, 6.45) is 4.86. The highest BCUT2D eigenvalue weighted by atomic mass is 14.9. The van der Waals surface area contributed by atoms with Crippen molar-refractivity contribution in [2.45, 2.75) is 33.2 Å². The number of hydrogen-bond acceptors (Lipinski definition) is 1. The summed E-state index contributed by atoms with van der Waals surface area (Å²) in [5, 5.41) is 0. The van der Waals surface area contributed by atoms with Crippen LogP contribution in [0.5, 0.6) is 0 Å². The molecule has 0 rings (SSSR count). The lowest BCUT2D eigenvalue weighted by Gasteiger charge is -1.96. The van der Waals surface area contributed by atoms with Crippen LogP contribution in [0.3, 0.4) is 0 Å². The minimum atomic E-state index is 0.293. The van der Waals surface area contributed by atoms with Crippen molar-refractivity contribution in [1.82, 2.24) is 0 Å². The molecule has 2 heteroatoms. The molecule has 0 unspecified atom stereocenters. The fraction of sp³-hybridized carbons (Fsp3) is 0.625. The largest absolute Gasteiger partial charge is 0.384 e. The summed E-state index contributed by atoms with van der Waals surface area (Å²) in [7, 11) is 0. The molecule has 2 N–H and O–H groups in total. The summed E-state index contributed by atoms with van der Waals surface area (Å²) in [6.45, 7) is 6.08. The third kappa shape index (κ3) is 5.35. The molecule has 0 fully saturated rings. The lowest BCUT2D eigenvalue weighted by atomic mass is 10.4. The molecule has 0 bridgehead atoms. The van der Waals surface area contributed by atoms with Crippen molar-refractivity contribution >= 4 is 5.84 Å². The average molecular weight is 140 g/mol. The van der Waals surface area contributed by atoms with Crippen molar-refractivity contribution in [2.24, 2.45) is 10.7 Å². The Labute approximate surface area is 62.8 Å². The molecule has 0 aliphatic rings. The molecule has 0 saturated carbocycles. The number of amidine groups is 1. The maximum absolute atomic E-state index is 5.52. The summed E-state index contributed by atoms with van der Waals surface area (Å²) in [4.78, 5) is 4.12. The SMILES string of the molecule is CC/C=C\C(N)=N/C(C)C. The Morgan fingerprint density at radius 3 is 2.60 bits per heavy atom. The van der Waals surface area contributed by atoms with E-state index in [4.69, 9.17) is 5.73 Å². The zero-order chi connectivity index (χ0) is 7.98. The van der Waals surface area contributed by atoms with Crippen LogP contribution in [0.2, 0.25) is 0 Å². The molecule has 0 radical (unpaired) electrons. The maximum atomic E-state index is 5.52. The molecule has 0 aliphatic carbocycles. The Bertz CT molecular complexity index is 134. The minimum Gasteiger partial charge on any atom is -0.384 e. The van der Waals surface area contributed by atoms with Crippen LogP contribution in [0.15, 0.2) is 17.1 Å². The molecular weight excluding hydrogens is 124 g/mol. The van der Waals surface area contributed by atoms with Crippen LogP contribution in [-0.2, 0) is 0 Å². The summed E-state index contributed by atoms with van der Waals surface area (Å²) in [5.41, 5.74) is 5.52. The standard InChI is InChI=1S/C8H16N2/c1-4-5-6-8(9)10-7(2)3/h5-7H,4H2,1-3H3,(H2,9,10)/b6-5-. The molecule has 0 amide bonds. The van der Waals surface area contributed by atoms with Gasteiger partial charge in [0.05, 0.1) is 0 Å². The fourth-order valence-corrected chi connectivity index (χ4v) is 0.580. The van der Waals surface area contributed by atoms with Gasteiger partial charge in [-0.1, -0.05) is 13.0 Å². The van der Waals surface area contributed by atoms with Crippen molar-refractivity contribution in [3.05, 3.63) is 12.2 Å². The molecule has 0 aromatic carbocycles. The third-order valence-corrected chi connectivity index (χ3v) is 0.932. The first-order chi connectivity index (χ1) is 4.66. The van der Waals surface area contributed by atoms with Gasteiger partial charge in [0.25, 0.3) is 0 Å². The van der Waals surface area contributed by atoms with E-state index in [2.05, 4.69) is 11.9 Å². The molecule has 0 saturated heterocycles. The molecule has 0 atom stereocenters. The van der Waals surface area contributed by atoms with Crippen molar-refractivity contribution in [3.8, 4) is 0 Å². The van der Waals surface area contributed by atoms with Crippen LogP contribution >= 0.6 is 0 Å². The zero-order valence-corrected chi connectivity index (χ0v) is 6.96. The van der Waals surface area contributed by atoms with E-state index in [0.29, 0.717) is 11.9 Å². The third-order valence-electron chi connectivity index (χ3n) is 0.932. The molecule has 0 spiro atoms. The van der Waals surface area contributed by atoms with Gasteiger partial charge in [0.15, 0.2) is 0 Å². The number of hydrogen-bond donors (Lipinski definition) is 1. The molecule has 0 aromatic heterocycles. The maximum Gasteiger partial charge on any atom is 0.118 e. The Hall–Kier alpha value is -0.790. The molecular formula is C8H16N2. The highest BCUT2D eigenvalue weighted by molar-refractivity contribution is 5.91. The van der Waals surface area contributed by atoms with Crippen molar-refractivity contribution in [2.75, 3.05) is 0 Å². The van der Waals surface area contributed by atoms with E-state index in [9.17, 15) is 0 Å². The smallest absolute Gasteiger partial charge is 0.118 e. The van der Waals surface area contributed by atoms with Crippen molar-refractivity contribution < 1.29 is 0 Å². The van der Waals surface area contributed by atoms with E-state index >= 15 is 0 Å². The second-order valence-corrected chi connectivity index (χ2v) is 2.46. The molecule has 0 aliphatic heterocycles. The second-order valence-electron chi connectivity index (χ2n) is 2.46. The van der Waals surface area contributed by atoms with Crippen LogP contribution < -0.4 is 5.73 Å². The number of aliphatic imine (C=N–C) groups is 1. The van der Waals surface area contributed by atoms with Gasteiger partial charge >= 0.3 is 0 Å². The molecule has 0 aromatic rings. The van der Waals surface area contributed by atoms with Gasteiger partial charge in [-0.15, -0.1) is 0 Å². The average Bonchev–Trinajstić information content (AvgIpc) is 1.82. The highest BCUT2D eigenvalue weighted by Crippen LogP contribution is 1.87. The predicted molar refractivity (Wildman–Crippen MR) is 46.2 cm³/mol. The summed E-state index contributed by atoms with van der Waals surface area (Å²) >= 11 is 0. The molecule has 10 heavy (non-hydrogen) atoms. The monoisotopic (exact) mass is 140 g/mol. The van der Waals surface area contributed by atoms with E-state index in [1.54, 1.807) is 0 Å². The van der Waals surface area contributed by atoms with Gasteiger partial charge in [0.1, 0.15) is 5.84 Å². The van der Waals surface area contributed by atoms with Gasteiger partial charge in [-0.2, -0.15) is 0 Å². The summed E-state index contributed by atoms with van der Waals surface area (Å²) in [5.74, 6) is 0.622. The Morgan fingerprint density at radius 2 is 2.20 bits per heavy atom. The quantitative estimate of drug-likeness (QED) is 0.470. The zero-order valence-electron chi connectivity index (χ0n) is 6.96. The topological polar surface area (TPSA) is 38.4 Å². The number of allylic oxidation sites excluding steroid dienone is 1. The second kappa shape index (κ2) is 5.03. The first-order valence-corrected chi connectivity index (χ1v) is 3.66. The molecule has 2 nitrogen and oxygen atoms in total. The van der Waals surface area contributed by atoms with Crippen molar-refractivity contribution in [1.29, 1.82) is 0 Å². The first kappa shape index (κ1) is 9.21. The van der Waals surface area contributed by atoms with E-state index in [1.807, 2.05) is 26.0 Å². The van der Waals surface area contributed by atoms with Gasteiger partial charge in [0.2, 0.25) is 0 Å². The van der Waals surface area contributed by atoms with Crippen LogP contribution in [0.25, 0.3) is 0 Å². The van der Waals surface area contributed by atoms with Gasteiger partial charge in [-0.25, -0.2) is 0 Å². The van der Waals surface area contributed by atoms with E-state index in [-0.39, 0.29) is 0 Å². The predicted octanol–water partition coefficient (Wildman–Crippen LogP) is 1.72. The lowest BCUT2D eigenvalue weighted by molar-refractivity contribution is 0.835. The van der Waals surface area contributed by atoms with Crippen LogP contribution in [0.1, 0.15) is 27.2 Å².